The lowest BCUT2D eigenvalue weighted by Crippen LogP contribution is -2.34. The number of benzene rings is 1. The van der Waals surface area contributed by atoms with Crippen LogP contribution in [0.15, 0.2) is 30.6 Å². The molecule has 1 atom stereocenters. The van der Waals surface area contributed by atoms with Gasteiger partial charge < -0.3 is 24.6 Å². The molecule has 1 N–H and O–H groups in total. The predicted molar refractivity (Wildman–Crippen MR) is 101 cm³/mol. The number of nitrogens with zero attached hydrogens (tertiary/aromatic N) is 3. The molecule has 1 unspecified atom stereocenters. The average Bonchev–Trinajstić information content (AvgIpc) is 3.06. The quantitative estimate of drug-likeness (QED) is 0.598. The monoisotopic (exact) mass is 394 g/mol. The third kappa shape index (κ3) is 4.27. The van der Waals surface area contributed by atoms with Crippen LogP contribution < -0.4 is 15.1 Å². The molecule has 144 valence electrons. The molecule has 0 spiro atoms. The highest BCUT2D eigenvalue weighted by atomic mass is 32.1. The lowest BCUT2D eigenvalue weighted by Gasteiger charge is -2.28. The molecule has 10 heteroatoms. The first-order valence-electron chi connectivity index (χ1n) is 8.27. The van der Waals surface area contributed by atoms with E-state index in [0.29, 0.717) is 31.0 Å². The van der Waals surface area contributed by atoms with Gasteiger partial charge in [0.05, 0.1) is 31.6 Å². The number of hydrogen-bond donors (Lipinski definition) is 1. The molecule has 0 aliphatic carbocycles. The molecule has 0 saturated carbocycles. The predicted octanol–water partition coefficient (Wildman–Crippen LogP) is 1.42. The van der Waals surface area contributed by atoms with E-state index in [1.54, 1.807) is 29.4 Å². The number of rotatable bonds is 5. The van der Waals surface area contributed by atoms with Gasteiger partial charge in [-0.3, -0.25) is 9.69 Å². The molecule has 0 radical (unpaired) electrons. The molecule has 1 aromatic rings. The normalized spacial score (nSPS) is 19.1. The Morgan fingerprint density at radius 1 is 1.44 bits per heavy atom. The molecular weight excluding hydrogens is 375 g/mol. The van der Waals surface area contributed by atoms with Gasteiger partial charge in [0, 0.05) is 25.5 Å². The highest BCUT2D eigenvalue weighted by Gasteiger charge is 2.33. The first-order chi connectivity index (χ1) is 13.0. The fraction of sp³-hybridized carbons (Fsp3) is 0.353. The first kappa shape index (κ1) is 18.9. The van der Waals surface area contributed by atoms with Gasteiger partial charge in [-0.2, -0.15) is 0 Å². The van der Waals surface area contributed by atoms with Crippen molar-refractivity contribution in [3.05, 3.63) is 36.4 Å². The molecular formula is C17H19FN4O4S. The van der Waals surface area contributed by atoms with Gasteiger partial charge in [-0.1, -0.05) is 0 Å². The standard InChI is InChI=1S/C17H19FN4O4S/c1-25-16(27)19-9-13-10-22(17(24)26-13)12-2-3-15(14(18)8-12)21-6-4-20(11-23)5-7-21/h2-4,6,8,11,13H,5,7,9-10H2,1H3,(H,19,27). The number of carbonyl (C=O) groups excluding carboxylic acids is 2. The number of halogens is 1. The van der Waals surface area contributed by atoms with Crippen molar-refractivity contribution in [2.24, 2.45) is 0 Å². The van der Waals surface area contributed by atoms with E-state index in [9.17, 15) is 14.0 Å². The van der Waals surface area contributed by atoms with Crippen molar-refractivity contribution in [3.8, 4) is 0 Å². The highest BCUT2D eigenvalue weighted by Crippen LogP contribution is 2.28. The minimum absolute atomic E-state index is 0.211. The minimum Gasteiger partial charge on any atom is -0.474 e. The van der Waals surface area contributed by atoms with E-state index in [1.807, 2.05) is 0 Å². The lowest BCUT2D eigenvalue weighted by molar-refractivity contribution is -0.115. The smallest absolute Gasteiger partial charge is 0.414 e. The van der Waals surface area contributed by atoms with E-state index < -0.39 is 18.0 Å². The first-order valence-corrected chi connectivity index (χ1v) is 8.68. The van der Waals surface area contributed by atoms with Crippen molar-refractivity contribution in [3.63, 3.8) is 0 Å². The zero-order valence-corrected chi connectivity index (χ0v) is 15.4. The molecule has 0 aromatic heterocycles. The molecule has 1 saturated heterocycles. The molecule has 2 heterocycles. The number of methoxy groups -OCH3 is 1. The van der Waals surface area contributed by atoms with Gasteiger partial charge in [-0.25, -0.2) is 9.18 Å². The summed E-state index contributed by atoms with van der Waals surface area (Å²) in [6.07, 6.45) is 2.98. The van der Waals surface area contributed by atoms with Crippen molar-refractivity contribution in [2.75, 3.05) is 43.1 Å². The van der Waals surface area contributed by atoms with Crippen molar-refractivity contribution >= 4 is 41.3 Å². The van der Waals surface area contributed by atoms with Gasteiger partial charge in [0.15, 0.2) is 0 Å². The number of nitrogens with one attached hydrogen (secondary N) is 1. The Labute approximate surface area is 161 Å². The number of ether oxygens (including phenoxy) is 2. The fourth-order valence-corrected chi connectivity index (χ4v) is 2.91. The van der Waals surface area contributed by atoms with E-state index in [0.717, 1.165) is 6.41 Å². The summed E-state index contributed by atoms with van der Waals surface area (Å²) in [7, 11) is 1.45. The second-order valence-electron chi connectivity index (χ2n) is 5.96. The number of anilines is 2. The Morgan fingerprint density at radius 3 is 2.89 bits per heavy atom. The van der Waals surface area contributed by atoms with Crippen LogP contribution in [0.25, 0.3) is 0 Å². The van der Waals surface area contributed by atoms with Crippen LogP contribution in [0.5, 0.6) is 0 Å². The third-order valence-electron chi connectivity index (χ3n) is 4.26. The summed E-state index contributed by atoms with van der Waals surface area (Å²) in [6, 6.07) is 4.56. The van der Waals surface area contributed by atoms with Gasteiger partial charge in [0.25, 0.3) is 5.17 Å². The summed E-state index contributed by atoms with van der Waals surface area (Å²) in [5.74, 6) is -0.466. The van der Waals surface area contributed by atoms with E-state index in [4.69, 9.17) is 21.7 Å². The molecule has 0 bridgehead atoms. The minimum atomic E-state index is -0.545. The second-order valence-corrected chi connectivity index (χ2v) is 6.33. The summed E-state index contributed by atoms with van der Waals surface area (Å²) in [5.41, 5.74) is 0.783. The largest absolute Gasteiger partial charge is 0.474 e. The van der Waals surface area contributed by atoms with Crippen LogP contribution in [-0.4, -0.2) is 62.0 Å². The second kappa shape index (κ2) is 8.21. The van der Waals surface area contributed by atoms with Gasteiger partial charge in [-0.05, 0) is 30.4 Å². The third-order valence-corrected chi connectivity index (χ3v) is 4.57. The van der Waals surface area contributed by atoms with Gasteiger partial charge >= 0.3 is 6.09 Å². The SMILES string of the molecule is COC(=S)NCC1CN(c2ccc(N3C=CN(C=O)CC3)c(F)c2)C(=O)O1. The van der Waals surface area contributed by atoms with Crippen molar-refractivity contribution in [1.82, 2.24) is 10.2 Å². The van der Waals surface area contributed by atoms with E-state index in [-0.39, 0.29) is 11.7 Å². The maximum absolute atomic E-state index is 14.6. The zero-order valence-electron chi connectivity index (χ0n) is 14.6. The van der Waals surface area contributed by atoms with Gasteiger partial charge in [-0.15, -0.1) is 0 Å². The Kier molecular flexibility index (Phi) is 5.75. The van der Waals surface area contributed by atoms with Crippen molar-refractivity contribution in [2.45, 2.75) is 6.10 Å². The van der Waals surface area contributed by atoms with Crippen LogP contribution in [0.3, 0.4) is 0 Å². The van der Waals surface area contributed by atoms with Crippen LogP contribution in [0.1, 0.15) is 0 Å². The van der Waals surface area contributed by atoms with Crippen LogP contribution >= 0.6 is 12.2 Å². The summed E-state index contributed by atoms with van der Waals surface area (Å²) in [6.45, 7) is 1.53. The van der Waals surface area contributed by atoms with E-state index >= 15 is 0 Å². The molecule has 2 amide bonds. The highest BCUT2D eigenvalue weighted by molar-refractivity contribution is 7.80. The summed E-state index contributed by atoms with van der Waals surface area (Å²) in [5, 5.41) is 3.04. The molecule has 27 heavy (non-hydrogen) atoms. The van der Waals surface area contributed by atoms with Crippen LogP contribution in [-0.2, 0) is 14.3 Å². The molecule has 3 rings (SSSR count). The van der Waals surface area contributed by atoms with E-state index in [2.05, 4.69) is 5.32 Å². The van der Waals surface area contributed by atoms with Crippen molar-refractivity contribution < 1.29 is 23.5 Å². The van der Waals surface area contributed by atoms with Crippen LogP contribution in [0, 0.1) is 5.82 Å². The molecule has 1 aromatic carbocycles. The number of hydrogen-bond acceptors (Lipinski definition) is 6. The topological polar surface area (TPSA) is 74.4 Å². The summed E-state index contributed by atoms with van der Waals surface area (Å²) in [4.78, 5) is 27.4. The van der Waals surface area contributed by atoms with E-state index in [1.165, 1.54) is 23.0 Å². The maximum Gasteiger partial charge on any atom is 0.414 e. The molecule has 2 aliphatic heterocycles. The molecule has 1 fully saturated rings. The number of carbonyl (C=O) groups is 2. The Hall–Kier alpha value is -2.88. The van der Waals surface area contributed by atoms with Crippen molar-refractivity contribution in [1.29, 1.82) is 0 Å². The number of thiocarbonyl (C=S) groups is 1. The Balaban J connectivity index is 1.68. The zero-order chi connectivity index (χ0) is 19.4. The summed E-state index contributed by atoms with van der Waals surface area (Å²) < 4.78 is 24.7. The fourth-order valence-electron chi connectivity index (χ4n) is 2.83. The Morgan fingerprint density at radius 2 is 2.26 bits per heavy atom. The van der Waals surface area contributed by atoms with Crippen LogP contribution in [0.2, 0.25) is 0 Å². The number of cyclic esters (lactones) is 1. The van der Waals surface area contributed by atoms with Gasteiger partial charge in [0.1, 0.15) is 11.9 Å². The Bertz CT molecular complexity index is 775. The lowest BCUT2D eigenvalue weighted by atomic mass is 10.2. The number of amides is 2. The van der Waals surface area contributed by atoms with Crippen LogP contribution in [0.4, 0.5) is 20.6 Å². The van der Waals surface area contributed by atoms with Gasteiger partial charge in [0.2, 0.25) is 6.41 Å². The summed E-state index contributed by atoms with van der Waals surface area (Å²) >= 11 is 4.88. The average molecular weight is 394 g/mol. The molecule has 8 nitrogen and oxygen atoms in total. The maximum atomic E-state index is 14.6. The molecule has 2 aliphatic rings.